The highest BCUT2D eigenvalue weighted by atomic mass is 19.1. The second-order valence-electron chi connectivity index (χ2n) is 10.3. The molecule has 3 aliphatic heterocycles. The van der Waals surface area contributed by atoms with E-state index in [1.165, 1.54) is 48.1 Å². The molecule has 35 heavy (non-hydrogen) atoms. The number of para-hydroxylation sites is 1. The first-order valence-corrected chi connectivity index (χ1v) is 12.9. The highest BCUT2D eigenvalue weighted by Crippen LogP contribution is 2.50. The SMILES string of the molecule is Fc1ccc(C2=NN3[C@H](C2)c2ccccc2OC32CCN([C@H]3CCCc4ccccc43)CC2)cc1. The van der Waals surface area contributed by atoms with Crippen LogP contribution >= 0.6 is 0 Å². The number of ether oxygens (including phenoxy) is 1. The number of hydrazone groups is 1. The fourth-order valence-corrected chi connectivity index (χ4v) is 6.67. The zero-order chi connectivity index (χ0) is 23.4. The number of rotatable bonds is 2. The summed E-state index contributed by atoms with van der Waals surface area (Å²) in [6.07, 6.45) is 6.32. The third kappa shape index (κ3) is 3.48. The van der Waals surface area contributed by atoms with Crippen molar-refractivity contribution in [3.05, 3.63) is 101 Å². The van der Waals surface area contributed by atoms with Gasteiger partial charge in [-0.15, -0.1) is 0 Å². The van der Waals surface area contributed by atoms with Crippen LogP contribution < -0.4 is 4.74 Å². The first-order chi connectivity index (χ1) is 17.2. The van der Waals surface area contributed by atoms with Crippen LogP contribution in [0.1, 0.15) is 66.4 Å². The normalized spacial score (nSPS) is 24.8. The standard InChI is InChI=1S/C30H30FN3O/c31-23-14-12-22(13-15-23)26-20-28-25-9-3-4-11-29(25)35-30(34(28)32-26)16-18-33(19-17-30)27-10-5-7-21-6-1-2-8-24(21)27/h1-4,6,8-9,11-15,27-28H,5,7,10,16-20H2/t27-,28+/m0/s1. The molecule has 4 nitrogen and oxygen atoms in total. The van der Waals surface area contributed by atoms with E-state index in [1.807, 2.05) is 12.1 Å². The van der Waals surface area contributed by atoms with Crippen molar-refractivity contribution in [3.63, 3.8) is 0 Å². The molecule has 1 aliphatic carbocycles. The lowest BCUT2D eigenvalue weighted by Crippen LogP contribution is -2.59. The number of likely N-dealkylation sites (tertiary alicyclic amines) is 1. The summed E-state index contributed by atoms with van der Waals surface area (Å²) in [5.41, 5.74) is 5.79. The van der Waals surface area contributed by atoms with E-state index in [0.717, 1.165) is 49.4 Å². The maximum absolute atomic E-state index is 13.6. The van der Waals surface area contributed by atoms with E-state index in [1.54, 1.807) is 0 Å². The molecular weight excluding hydrogens is 437 g/mol. The number of fused-ring (bicyclic) bond motifs is 5. The van der Waals surface area contributed by atoms with Crippen LogP contribution in [0.3, 0.4) is 0 Å². The lowest BCUT2D eigenvalue weighted by Gasteiger charge is -2.52. The summed E-state index contributed by atoms with van der Waals surface area (Å²) < 4.78 is 20.4. The Labute approximate surface area is 206 Å². The molecule has 178 valence electrons. The molecule has 3 aromatic rings. The minimum atomic E-state index is -0.439. The van der Waals surface area contributed by atoms with E-state index in [0.29, 0.717) is 6.04 Å². The van der Waals surface area contributed by atoms with E-state index in [2.05, 4.69) is 58.4 Å². The molecule has 3 aromatic carbocycles. The van der Waals surface area contributed by atoms with Crippen molar-refractivity contribution < 1.29 is 9.13 Å². The summed E-state index contributed by atoms with van der Waals surface area (Å²) in [5.74, 6) is 0.771. The maximum atomic E-state index is 13.6. The largest absolute Gasteiger partial charge is 0.466 e. The summed E-state index contributed by atoms with van der Waals surface area (Å²) >= 11 is 0. The number of halogens is 1. The number of benzene rings is 3. The van der Waals surface area contributed by atoms with Gasteiger partial charge in [-0.05, 0) is 54.2 Å². The van der Waals surface area contributed by atoms with Gasteiger partial charge in [-0.3, -0.25) is 4.90 Å². The van der Waals surface area contributed by atoms with Crippen molar-refractivity contribution in [3.8, 4) is 5.75 Å². The Morgan fingerprint density at radius 3 is 2.43 bits per heavy atom. The molecule has 7 rings (SSSR count). The van der Waals surface area contributed by atoms with Crippen molar-refractivity contribution >= 4 is 5.71 Å². The quantitative estimate of drug-likeness (QED) is 0.447. The van der Waals surface area contributed by atoms with Crippen LogP contribution in [0.2, 0.25) is 0 Å². The number of aryl methyl sites for hydroxylation is 1. The third-order valence-corrected chi connectivity index (χ3v) is 8.44. The van der Waals surface area contributed by atoms with E-state index in [4.69, 9.17) is 9.84 Å². The van der Waals surface area contributed by atoms with Gasteiger partial charge in [0.05, 0.1) is 11.8 Å². The zero-order valence-electron chi connectivity index (χ0n) is 19.9. The summed E-state index contributed by atoms with van der Waals surface area (Å²) in [5, 5.41) is 7.39. The molecule has 0 amide bonds. The molecule has 0 aromatic heterocycles. The van der Waals surface area contributed by atoms with Crippen LogP contribution in [0, 0.1) is 5.82 Å². The lowest BCUT2D eigenvalue weighted by molar-refractivity contribution is -0.153. The number of nitrogens with zero attached hydrogens (tertiary/aromatic N) is 3. The molecule has 1 spiro atoms. The van der Waals surface area contributed by atoms with E-state index in [9.17, 15) is 4.39 Å². The average molecular weight is 468 g/mol. The summed E-state index contributed by atoms with van der Waals surface area (Å²) in [6.45, 7) is 1.98. The lowest BCUT2D eigenvalue weighted by atomic mass is 9.84. The van der Waals surface area contributed by atoms with Gasteiger partial charge in [0.15, 0.2) is 0 Å². The molecular formula is C30H30FN3O. The van der Waals surface area contributed by atoms with Crippen molar-refractivity contribution in [2.75, 3.05) is 13.1 Å². The second kappa shape index (κ2) is 8.20. The van der Waals surface area contributed by atoms with Crippen molar-refractivity contribution in [1.29, 1.82) is 0 Å². The van der Waals surface area contributed by atoms with Crippen molar-refractivity contribution in [2.45, 2.75) is 56.3 Å². The molecule has 0 radical (unpaired) electrons. The average Bonchev–Trinajstić information content (AvgIpc) is 3.36. The minimum absolute atomic E-state index is 0.155. The Bertz CT molecular complexity index is 1280. The summed E-state index contributed by atoms with van der Waals surface area (Å²) in [4.78, 5) is 2.67. The predicted octanol–water partition coefficient (Wildman–Crippen LogP) is 6.24. The van der Waals surface area contributed by atoms with Gasteiger partial charge < -0.3 is 4.74 Å². The number of piperidine rings is 1. The highest BCUT2D eigenvalue weighted by Gasteiger charge is 2.52. The third-order valence-electron chi connectivity index (χ3n) is 8.44. The van der Waals surface area contributed by atoms with Gasteiger partial charge in [0.1, 0.15) is 11.6 Å². The molecule has 1 saturated heterocycles. The van der Waals surface area contributed by atoms with Gasteiger partial charge in [-0.2, -0.15) is 5.10 Å². The van der Waals surface area contributed by atoms with Gasteiger partial charge in [-0.1, -0.05) is 54.6 Å². The first kappa shape index (κ1) is 21.1. The minimum Gasteiger partial charge on any atom is -0.466 e. The monoisotopic (exact) mass is 467 g/mol. The van der Waals surface area contributed by atoms with Crippen LogP contribution in [0.5, 0.6) is 5.75 Å². The molecule has 4 aliphatic rings. The van der Waals surface area contributed by atoms with Crippen LogP contribution in [-0.2, 0) is 6.42 Å². The molecule has 3 heterocycles. The van der Waals surface area contributed by atoms with Gasteiger partial charge in [0, 0.05) is 44.0 Å². The summed E-state index contributed by atoms with van der Waals surface area (Å²) in [6, 6.07) is 24.8. The smallest absolute Gasteiger partial charge is 0.200 e. The Kier molecular flexibility index (Phi) is 4.95. The molecule has 5 heteroatoms. The van der Waals surface area contributed by atoms with Crippen LogP contribution in [-0.4, -0.2) is 34.4 Å². The second-order valence-corrected chi connectivity index (χ2v) is 10.3. The van der Waals surface area contributed by atoms with Crippen LogP contribution in [0.15, 0.2) is 77.9 Å². The number of hydrogen-bond donors (Lipinski definition) is 0. The molecule has 0 N–H and O–H groups in total. The van der Waals surface area contributed by atoms with E-state index < -0.39 is 5.72 Å². The van der Waals surface area contributed by atoms with E-state index >= 15 is 0 Å². The fourth-order valence-electron chi connectivity index (χ4n) is 6.67. The van der Waals surface area contributed by atoms with Gasteiger partial charge in [-0.25, -0.2) is 9.40 Å². The maximum Gasteiger partial charge on any atom is 0.200 e. The van der Waals surface area contributed by atoms with Gasteiger partial charge in [0.2, 0.25) is 5.72 Å². The summed E-state index contributed by atoms with van der Waals surface area (Å²) in [7, 11) is 0. The molecule has 2 atom stereocenters. The Morgan fingerprint density at radius 2 is 1.60 bits per heavy atom. The Morgan fingerprint density at radius 1 is 0.857 bits per heavy atom. The topological polar surface area (TPSA) is 28.1 Å². The molecule has 0 saturated carbocycles. The van der Waals surface area contributed by atoms with Crippen molar-refractivity contribution in [1.82, 2.24) is 9.91 Å². The van der Waals surface area contributed by atoms with E-state index in [-0.39, 0.29) is 11.9 Å². The molecule has 1 fully saturated rings. The van der Waals surface area contributed by atoms with Crippen molar-refractivity contribution in [2.24, 2.45) is 5.10 Å². The highest BCUT2D eigenvalue weighted by molar-refractivity contribution is 6.02. The predicted molar refractivity (Wildman–Crippen MR) is 135 cm³/mol. The Balaban J connectivity index is 1.20. The van der Waals surface area contributed by atoms with Gasteiger partial charge in [0.25, 0.3) is 0 Å². The zero-order valence-corrected chi connectivity index (χ0v) is 19.9. The number of hydrogen-bond acceptors (Lipinski definition) is 4. The van der Waals surface area contributed by atoms with Crippen LogP contribution in [0.4, 0.5) is 4.39 Å². The fraction of sp³-hybridized carbons (Fsp3) is 0.367. The van der Waals surface area contributed by atoms with Crippen LogP contribution in [0.25, 0.3) is 0 Å². The molecule has 0 bridgehead atoms. The Hall–Kier alpha value is -3.18. The first-order valence-electron chi connectivity index (χ1n) is 12.9. The van der Waals surface area contributed by atoms with Gasteiger partial charge >= 0.3 is 0 Å². The molecule has 0 unspecified atom stereocenters.